The van der Waals surface area contributed by atoms with Gasteiger partial charge in [-0.05, 0) is 31.7 Å². The van der Waals surface area contributed by atoms with E-state index in [9.17, 15) is 4.79 Å². The molecule has 1 aromatic heterocycles. The van der Waals surface area contributed by atoms with Crippen molar-refractivity contribution < 1.29 is 14.6 Å². The molecule has 0 aromatic carbocycles. The lowest BCUT2D eigenvalue weighted by atomic mass is 9.96. The van der Waals surface area contributed by atoms with E-state index in [4.69, 9.17) is 9.84 Å². The Morgan fingerprint density at radius 3 is 2.95 bits per heavy atom. The Morgan fingerprint density at radius 1 is 1.43 bits per heavy atom. The molecule has 5 nitrogen and oxygen atoms in total. The molecule has 1 aromatic rings. The molecular weight excluding hydrogens is 268 g/mol. The van der Waals surface area contributed by atoms with Crippen molar-refractivity contribution in [1.29, 1.82) is 0 Å². The van der Waals surface area contributed by atoms with Crippen LogP contribution in [-0.4, -0.2) is 34.8 Å². The van der Waals surface area contributed by atoms with E-state index < -0.39 is 0 Å². The van der Waals surface area contributed by atoms with Crippen molar-refractivity contribution in [3.63, 3.8) is 0 Å². The van der Waals surface area contributed by atoms with Gasteiger partial charge >= 0.3 is 0 Å². The average molecular weight is 288 g/mol. The molecule has 2 atom stereocenters. The van der Waals surface area contributed by atoms with Gasteiger partial charge in [0.25, 0.3) is 5.91 Å². The molecule has 112 valence electrons. The first-order chi connectivity index (χ1) is 10.2. The molecule has 1 amide bonds. The fraction of sp³-hybridized carbons (Fsp3) is 0.500. The molecule has 21 heavy (non-hydrogen) atoms. The highest BCUT2D eigenvalue weighted by Crippen LogP contribution is 2.24. The second-order valence-electron chi connectivity index (χ2n) is 5.70. The van der Waals surface area contributed by atoms with Crippen LogP contribution in [0.4, 0.5) is 0 Å². The molecule has 0 spiro atoms. The van der Waals surface area contributed by atoms with E-state index >= 15 is 0 Å². The number of aliphatic hydroxyl groups excluding tert-OH is 1. The molecule has 0 unspecified atom stereocenters. The molecule has 0 saturated heterocycles. The normalized spacial score (nSPS) is 24.6. The topological polar surface area (TPSA) is 71.5 Å². The second-order valence-corrected chi connectivity index (χ2v) is 5.70. The number of rotatable bonds is 5. The third kappa shape index (κ3) is 3.42. The van der Waals surface area contributed by atoms with Crippen LogP contribution in [0.15, 0.2) is 30.5 Å². The predicted octanol–water partition coefficient (Wildman–Crippen LogP) is 1.68. The smallest absolute Gasteiger partial charge is 0.251 e. The molecule has 2 N–H and O–H groups in total. The van der Waals surface area contributed by atoms with Crippen LogP contribution in [0.3, 0.4) is 0 Å². The van der Waals surface area contributed by atoms with Gasteiger partial charge in [-0.2, -0.15) is 0 Å². The first kappa shape index (κ1) is 14.1. The minimum absolute atomic E-state index is 0.0150. The third-order valence-electron chi connectivity index (χ3n) is 4.06. The van der Waals surface area contributed by atoms with Gasteiger partial charge in [-0.3, -0.25) is 4.79 Å². The summed E-state index contributed by atoms with van der Waals surface area (Å²) in [7, 11) is 0. The largest absolute Gasteiger partial charge is 0.474 e. The third-order valence-corrected chi connectivity index (χ3v) is 4.06. The number of carbonyl (C=O) groups is 1. The zero-order chi connectivity index (χ0) is 14.7. The van der Waals surface area contributed by atoms with Crippen molar-refractivity contribution in [3.8, 4) is 5.88 Å². The van der Waals surface area contributed by atoms with E-state index in [0.29, 0.717) is 11.4 Å². The van der Waals surface area contributed by atoms with Crippen molar-refractivity contribution in [1.82, 2.24) is 10.3 Å². The number of hydrogen-bond acceptors (Lipinski definition) is 4. The Kier molecular flexibility index (Phi) is 4.20. The highest BCUT2D eigenvalue weighted by molar-refractivity contribution is 5.94. The highest BCUT2D eigenvalue weighted by Gasteiger charge is 2.22. The summed E-state index contributed by atoms with van der Waals surface area (Å²) in [5.74, 6) is 0.525. The zero-order valence-corrected chi connectivity index (χ0v) is 11.9. The lowest BCUT2D eigenvalue weighted by Crippen LogP contribution is -2.33. The van der Waals surface area contributed by atoms with Crippen LogP contribution in [0.5, 0.6) is 5.88 Å². The maximum absolute atomic E-state index is 12.2. The number of carbonyl (C=O) groups excluding carboxylic acids is 1. The second kappa shape index (κ2) is 6.26. The Balaban J connectivity index is 1.59. The maximum atomic E-state index is 12.2. The molecule has 1 heterocycles. The molecule has 2 aliphatic rings. The van der Waals surface area contributed by atoms with Gasteiger partial charge in [0.05, 0.1) is 0 Å². The number of nitrogens with one attached hydrogen (secondary N) is 1. The van der Waals surface area contributed by atoms with Gasteiger partial charge in [0.15, 0.2) is 0 Å². The number of amides is 1. The summed E-state index contributed by atoms with van der Waals surface area (Å²) in [5, 5.41) is 12.0. The monoisotopic (exact) mass is 288 g/mol. The molecule has 1 saturated carbocycles. The summed E-state index contributed by atoms with van der Waals surface area (Å²) in [4.78, 5) is 16.4. The van der Waals surface area contributed by atoms with Gasteiger partial charge in [0.1, 0.15) is 6.10 Å². The molecular formula is C16H20N2O3. The maximum Gasteiger partial charge on any atom is 0.251 e. The Morgan fingerprint density at radius 2 is 2.29 bits per heavy atom. The molecule has 2 aliphatic carbocycles. The van der Waals surface area contributed by atoms with Crippen molar-refractivity contribution in [3.05, 3.63) is 36.0 Å². The van der Waals surface area contributed by atoms with Gasteiger partial charge in [0, 0.05) is 36.4 Å². The molecule has 0 aliphatic heterocycles. The molecule has 0 bridgehead atoms. The van der Waals surface area contributed by atoms with Gasteiger partial charge in [-0.25, -0.2) is 4.98 Å². The number of pyridine rings is 1. The van der Waals surface area contributed by atoms with Crippen LogP contribution in [-0.2, 0) is 0 Å². The van der Waals surface area contributed by atoms with Gasteiger partial charge in [-0.15, -0.1) is 0 Å². The van der Waals surface area contributed by atoms with Crippen LogP contribution in [0, 0.1) is 5.92 Å². The Bertz CT molecular complexity index is 540. The first-order valence-electron chi connectivity index (χ1n) is 7.47. The van der Waals surface area contributed by atoms with E-state index in [1.54, 1.807) is 18.3 Å². The van der Waals surface area contributed by atoms with Crippen molar-refractivity contribution in [2.45, 2.75) is 37.8 Å². The van der Waals surface area contributed by atoms with Crippen LogP contribution in [0.2, 0.25) is 0 Å². The van der Waals surface area contributed by atoms with E-state index in [-0.39, 0.29) is 30.6 Å². The number of nitrogens with zero attached hydrogens (tertiary/aromatic N) is 1. The predicted molar refractivity (Wildman–Crippen MR) is 78.1 cm³/mol. The lowest BCUT2D eigenvalue weighted by Gasteiger charge is -2.25. The van der Waals surface area contributed by atoms with E-state index in [1.807, 2.05) is 12.2 Å². The van der Waals surface area contributed by atoms with Crippen molar-refractivity contribution >= 4 is 5.91 Å². The lowest BCUT2D eigenvalue weighted by molar-refractivity contribution is 0.0936. The van der Waals surface area contributed by atoms with Gasteiger partial charge in [-0.1, -0.05) is 12.2 Å². The average Bonchev–Trinajstić information content (AvgIpc) is 2.91. The van der Waals surface area contributed by atoms with Crippen LogP contribution < -0.4 is 10.1 Å². The molecule has 3 rings (SSSR count). The first-order valence-corrected chi connectivity index (χ1v) is 7.47. The van der Waals surface area contributed by atoms with E-state index in [1.165, 1.54) is 6.42 Å². The summed E-state index contributed by atoms with van der Waals surface area (Å²) < 4.78 is 5.71. The van der Waals surface area contributed by atoms with Crippen molar-refractivity contribution in [2.24, 2.45) is 5.92 Å². The van der Waals surface area contributed by atoms with Gasteiger partial charge in [0.2, 0.25) is 5.88 Å². The van der Waals surface area contributed by atoms with Crippen molar-refractivity contribution in [2.75, 3.05) is 6.61 Å². The zero-order valence-electron chi connectivity index (χ0n) is 11.9. The number of ether oxygens (including phenoxy) is 1. The van der Waals surface area contributed by atoms with E-state index in [0.717, 1.165) is 19.3 Å². The molecule has 1 fully saturated rings. The van der Waals surface area contributed by atoms with Crippen LogP contribution >= 0.6 is 0 Å². The summed E-state index contributed by atoms with van der Waals surface area (Å²) in [6, 6.07) is 3.36. The molecule has 0 radical (unpaired) electrons. The summed E-state index contributed by atoms with van der Waals surface area (Å²) in [5.41, 5.74) is 0.556. The van der Waals surface area contributed by atoms with Crippen LogP contribution in [0.1, 0.15) is 36.0 Å². The van der Waals surface area contributed by atoms with Gasteiger partial charge < -0.3 is 15.2 Å². The highest BCUT2D eigenvalue weighted by atomic mass is 16.5. The fourth-order valence-corrected chi connectivity index (χ4v) is 2.54. The summed E-state index contributed by atoms with van der Waals surface area (Å²) in [6.07, 6.45) is 9.81. The number of hydrogen-bond donors (Lipinski definition) is 2. The summed E-state index contributed by atoms with van der Waals surface area (Å²) >= 11 is 0. The number of aromatic nitrogens is 1. The van der Waals surface area contributed by atoms with Crippen LogP contribution in [0.25, 0.3) is 0 Å². The van der Waals surface area contributed by atoms with E-state index in [2.05, 4.69) is 10.3 Å². The Labute approximate surface area is 124 Å². The Hall–Kier alpha value is -1.88. The minimum Gasteiger partial charge on any atom is -0.474 e. The minimum atomic E-state index is -0.135. The standard InChI is InChI=1S/C16H20N2O3/c19-10-11-4-5-13(8-11)18-16(20)12-6-7-17-15(9-12)21-14-2-1-3-14/h4-7,9,11,13-14,19H,1-3,8,10H2,(H,18,20)/t11-,13+/m0/s1. The quantitative estimate of drug-likeness (QED) is 0.809. The molecule has 5 heteroatoms. The number of aliphatic hydroxyl groups is 1. The fourth-order valence-electron chi connectivity index (χ4n) is 2.54. The summed E-state index contributed by atoms with van der Waals surface area (Å²) in [6.45, 7) is 0.123. The SMILES string of the molecule is O=C(N[C@@H]1C=C[C@H](CO)C1)c1ccnc(OC2CCC2)c1.